The van der Waals surface area contributed by atoms with Crippen molar-refractivity contribution in [1.82, 2.24) is 25.4 Å². The minimum absolute atomic E-state index is 0. The van der Waals surface area contributed by atoms with Gasteiger partial charge < -0.3 is 15.5 Å². The lowest BCUT2D eigenvalue weighted by Gasteiger charge is -2.33. The van der Waals surface area contributed by atoms with Gasteiger partial charge in [-0.2, -0.15) is 5.10 Å². The van der Waals surface area contributed by atoms with Crippen LogP contribution in [0.3, 0.4) is 0 Å². The van der Waals surface area contributed by atoms with E-state index < -0.39 is 0 Å². The van der Waals surface area contributed by atoms with Crippen LogP contribution in [0.1, 0.15) is 18.4 Å². The third kappa shape index (κ3) is 5.69. The number of hydrogen-bond acceptors (Lipinski definition) is 5. The van der Waals surface area contributed by atoms with Gasteiger partial charge in [0.2, 0.25) is 0 Å². The van der Waals surface area contributed by atoms with Crippen LogP contribution >= 0.6 is 35.3 Å². The van der Waals surface area contributed by atoms with Gasteiger partial charge >= 0.3 is 0 Å². The van der Waals surface area contributed by atoms with Crippen LogP contribution in [-0.2, 0) is 6.54 Å². The van der Waals surface area contributed by atoms with Crippen molar-refractivity contribution in [1.29, 1.82) is 0 Å². The molecule has 0 unspecified atom stereocenters. The van der Waals surface area contributed by atoms with E-state index in [1.165, 1.54) is 16.9 Å². The second-order valence-corrected chi connectivity index (χ2v) is 7.72. The highest BCUT2D eigenvalue weighted by atomic mass is 127. The Kier molecular flexibility index (Phi) is 7.87. The average Bonchev–Trinajstić information content (AvgIpc) is 3.46. The van der Waals surface area contributed by atoms with E-state index in [0.29, 0.717) is 6.04 Å². The zero-order valence-corrected chi connectivity index (χ0v) is 19.5. The lowest BCUT2D eigenvalue weighted by atomic mass is 10.1. The van der Waals surface area contributed by atoms with Gasteiger partial charge in [-0.3, -0.25) is 4.99 Å². The van der Waals surface area contributed by atoms with Gasteiger partial charge in [0.1, 0.15) is 12.7 Å². The molecule has 2 aromatic heterocycles. The summed E-state index contributed by atoms with van der Waals surface area (Å²) >= 11 is 1.82. The fourth-order valence-corrected chi connectivity index (χ4v) is 4.16. The van der Waals surface area contributed by atoms with E-state index in [9.17, 15) is 0 Å². The predicted octanol–water partition coefficient (Wildman–Crippen LogP) is 3.28. The third-order valence-electron chi connectivity index (χ3n) is 4.96. The van der Waals surface area contributed by atoms with Crippen molar-refractivity contribution in [3.05, 3.63) is 60.0 Å². The van der Waals surface area contributed by atoms with Crippen LogP contribution in [-0.4, -0.2) is 46.9 Å². The Morgan fingerprint density at radius 1 is 1.21 bits per heavy atom. The molecule has 1 aromatic carbocycles. The number of aromatic nitrogens is 3. The lowest BCUT2D eigenvalue weighted by molar-refractivity contribution is 0.463. The summed E-state index contributed by atoms with van der Waals surface area (Å²) in [7, 11) is 1.82. The van der Waals surface area contributed by atoms with E-state index >= 15 is 0 Å². The van der Waals surface area contributed by atoms with Crippen molar-refractivity contribution in [2.45, 2.75) is 25.4 Å². The van der Waals surface area contributed by atoms with Crippen molar-refractivity contribution in [3.63, 3.8) is 0 Å². The second kappa shape index (κ2) is 10.6. The van der Waals surface area contributed by atoms with Gasteiger partial charge in [-0.15, -0.1) is 35.3 Å². The average molecular weight is 523 g/mol. The van der Waals surface area contributed by atoms with Gasteiger partial charge in [-0.25, -0.2) is 9.67 Å². The number of rotatable bonds is 5. The Hall–Kier alpha value is -2.14. The SMILES string of the molecule is CN=C(NCc1ccc(-n2cncn2)cc1)NC1CCN(c2cccs2)CC1.I. The summed E-state index contributed by atoms with van der Waals surface area (Å²) < 4.78 is 1.75. The van der Waals surface area contributed by atoms with Gasteiger partial charge in [-0.1, -0.05) is 12.1 Å². The molecule has 0 aliphatic carbocycles. The van der Waals surface area contributed by atoms with E-state index in [1.54, 1.807) is 11.0 Å². The zero-order valence-electron chi connectivity index (χ0n) is 16.4. The van der Waals surface area contributed by atoms with Crippen molar-refractivity contribution in [2.75, 3.05) is 25.0 Å². The summed E-state index contributed by atoms with van der Waals surface area (Å²) in [6.45, 7) is 2.89. The van der Waals surface area contributed by atoms with Crippen LogP contribution in [0.15, 0.2) is 59.4 Å². The van der Waals surface area contributed by atoms with Crippen molar-refractivity contribution in [3.8, 4) is 5.69 Å². The molecule has 0 radical (unpaired) electrons. The molecule has 1 aliphatic rings. The highest BCUT2D eigenvalue weighted by Gasteiger charge is 2.20. The Bertz CT molecular complexity index is 870. The highest BCUT2D eigenvalue weighted by molar-refractivity contribution is 14.0. The molecule has 7 nitrogen and oxygen atoms in total. The fourth-order valence-electron chi connectivity index (χ4n) is 3.38. The number of guanidine groups is 1. The zero-order chi connectivity index (χ0) is 19.2. The Labute approximate surface area is 192 Å². The van der Waals surface area contributed by atoms with E-state index in [1.807, 2.05) is 30.5 Å². The van der Waals surface area contributed by atoms with Gasteiger partial charge in [0.15, 0.2) is 5.96 Å². The summed E-state index contributed by atoms with van der Waals surface area (Å²) in [6, 6.07) is 13.1. The highest BCUT2D eigenvalue weighted by Crippen LogP contribution is 2.24. The number of nitrogens with one attached hydrogen (secondary N) is 2. The van der Waals surface area contributed by atoms with Gasteiger partial charge in [0.25, 0.3) is 0 Å². The maximum Gasteiger partial charge on any atom is 0.191 e. The molecule has 3 heterocycles. The summed E-state index contributed by atoms with van der Waals surface area (Å²) in [4.78, 5) is 10.8. The first kappa shape index (κ1) is 21.6. The monoisotopic (exact) mass is 523 g/mol. The molecule has 0 atom stereocenters. The molecule has 1 saturated heterocycles. The molecule has 0 saturated carbocycles. The van der Waals surface area contributed by atoms with Crippen molar-refractivity contribution >= 4 is 46.3 Å². The van der Waals surface area contributed by atoms with Gasteiger partial charge in [-0.05, 0) is 48.1 Å². The quantitative estimate of drug-likeness (QED) is 0.305. The third-order valence-corrected chi connectivity index (χ3v) is 5.89. The van der Waals surface area contributed by atoms with Crippen LogP contribution in [0.25, 0.3) is 5.69 Å². The van der Waals surface area contributed by atoms with Crippen LogP contribution < -0.4 is 15.5 Å². The second-order valence-electron chi connectivity index (χ2n) is 6.79. The smallest absolute Gasteiger partial charge is 0.191 e. The Balaban J connectivity index is 0.00000240. The molecule has 1 fully saturated rings. The first-order chi connectivity index (χ1) is 13.8. The van der Waals surface area contributed by atoms with E-state index in [2.05, 4.69) is 60.3 Å². The molecular weight excluding hydrogens is 497 g/mol. The molecule has 9 heteroatoms. The topological polar surface area (TPSA) is 70.4 Å². The minimum Gasteiger partial charge on any atom is -0.363 e. The number of thiophene rings is 1. The Morgan fingerprint density at radius 2 is 2.00 bits per heavy atom. The minimum atomic E-state index is 0. The molecule has 0 amide bonds. The molecule has 0 bridgehead atoms. The number of anilines is 1. The maximum atomic E-state index is 4.38. The molecule has 1 aliphatic heterocycles. The molecular formula is C20H26IN7S. The lowest BCUT2D eigenvalue weighted by Crippen LogP contribution is -2.48. The molecule has 2 N–H and O–H groups in total. The first-order valence-corrected chi connectivity index (χ1v) is 10.4. The van der Waals surface area contributed by atoms with Gasteiger partial charge in [0.05, 0.1) is 10.7 Å². The summed E-state index contributed by atoms with van der Waals surface area (Å²) in [5.74, 6) is 0.856. The van der Waals surface area contributed by atoms with Crippen molar-refractivity contribution in [2.24, 2.45) is 4.99 Å². The van der Waals surface area contributed by atoms with Crippen molar-refractivity contribution < 1.29 is 0 Å². The van der Waals surface area contributed by atoms with Crippen LogP contribution in [0.5, 0.6) is 0 Å². The van der Waals surface area contributed by atoms with Gasteiger partial charge in [0, 0.05) is 32.7 Å². The molecule has 3 aromatic rings. The number of halogens is 1. The number of nitrogens with zero attached hydrogens (tertiary/aromatic N) is 5. The van der Waals surface area contributed by atoms with Crippen LogP contribution in [0.2, 0.25) is 0 Å². The largest absolute Gasteiger partial charge is 0.363 e. The molecule has 154 valence electrons. The van der Waals surface area contributed by atoms with E-state index in [0.717, 1.165) is 44.1 Å². The van der Waals surface area contributed by atoms with Crippen LogP contribution in [0, 0.1) is 0 Å². The molecule has 29 heavy (non-hydrogen) atoms. The molecule has 0 spiro atoms. The predicted molar refractivity (Wildman–Crippen MR) is 130 cm³/mol. The van der Waals surface area contributed by atoms with E-state index in [4.69, 9.17) is 0 Å². The number of benzene rings is 1. The standard InChI is InChI=1S/C20H25N7S.HI/c1-21-20(25-17-8-10-26(11-9-17)19-3-2-12-28-19)23-13-16-4-6-18(7-5-16)27-15-22-14-24-27;/h2-7,12,14-15,17H,8-11,13H2,1H3,(H2,21,23,25);1H. The van der Waals surface area contributed by atoms with E-state index in [-0.39, 0.29) is 24.0 Å². The number of aliphatic imine (C=N–C) groups is 1. The fraction of sp³-hybridized carbons (Fsp3) is 0.350. The molecule has 4 rings (SSSR count). The number of hydrogen-bond donors (Lipinski definition) is 2. The van der Waals surface area contributed by atoms with Crippen LogP contribution in [0.4, 0.5) is 5.00 Å². The summed E-state index contributed by atoms with van der Waals surface area (Å²) in [5, 5.41) is 14.6. The summed E-state index contributed by atoms with van der Waals surface area (Å²) in [6.07, 6.45) is 5.47. The Morgan fingerprint density at radius 3 is 2.62 bits per heavy atom. The number of piperidine rings is 1. The summed E-state index contributed by atoms with van der Waals surface area (Å²) in [5.41, 5.74) is 2.19. The first-order valence-electron chi connectivity index (χ1n) is 9.51. The normalized spacial score (nSPS) is 15.1. The maximum absolute atomic E-state index is 4.38.